The molecular weight excluding hydrogens is 150 g/mol. The minimum atomic E-state index is -0.774. The van der Waals surface area contributed by atoms with Crippen LogP contribution in [-0.2, 0) is 0 Å². The lowest BCUT2D eigenvalue weighted by Gasteiger charge is -2.18. The normalized spacial score (nSPS) is 29.5. The minimum Gasteiger partial charge on any atom is -0.375 e. The van der Waals surface area contributed by atoms with Crippen molar-refractivity contribution in [3.8, 4) is 0 Å². The van der Waals surface area contributed by atoms with E-state index in [0.717, 1.165) is 24.8 Å². The van der Waals surface area contributed by atoms with Gasteiger partial charge in [0.05, 0.1) is 0 Å². The summed E-state index contributed by atoms with van der Waals surface area (Å²) in [5.74, 6) is 0. The van der Waals surface area contributed by atoms with Gasteiger partial charge in [-0.25, -0.2) is 0 Å². The Labute approximate surface area is 65.7 Å². The van der Waals surface area contributed by atoms with Crippen molar-refractivity contribution in [1.82, 2.24) is 0 Å². The van der Waals surface area contributed by atoms with E-state index >= 15 is 0 Å². The van der Waals surface area contributed by atoms with Crippen LogP contribution < -0.4 is 5.73 Å². The summed E-state index contributed by atoms with van der Waals surface area (Å²) in [7, 11) is 0. The Hall–Kier alpha value is -0.0500. The first-order chi connectivity index (χ1) is 4.70. The van der Waals surface area contributed by atoms with E-state index in [1.54, 1.807) is 0 Å². The summed E-state index contributed by atoms with van der Waals surface area (Å²) in [6, 6.07) is 0. The van der Waals surface area contributed by atoms with Gasteiger partial charge in [-0.2, -0.15) is 0 Å². The number of hydrogen-bond donors (Lipinski definition) is 2. The molecule has 2 unspecified atom stereocenters. The third-order valence-corrected chi connectivity index (χ3v) is 2.16. The van der Waals surface area contributed by atoms with E-state index in [1.165, 1.54) is 0 Å². The molecule has 10 heavy (non-hydrogen) atoms. The summed E-state index contributed by atoms with van der Waals surface area (Å²) in [6.45, 7) is 0. The Bertz CT molecular complexity index is 145. The van der Waals surface area contributed by atoms with Gasteiger partial charge < -0.3 is 10.8 Å². The maximum Gasteiger partial charge on any atom is 0.124 e. The van der Waals surface area contributed by atoms with E-state index in [9.17, 15) is 0 Å². The van der Waals surface area contributed by atoms with Crippen LogP contribution in [0.3, 0.4) is 0 Å². The lowest BCUT2D eigenvalue weighted by molar-refractivity contribution is 0.212. The van der Waals surface area contributed by atoms with E-state index in [1.807, 2.05) is 6.08 Å². The first kappa shape index (κ1) is 8.05. The number of nitrogens with two attached hydrogens (primary N) is 1. The van der Waals surface area contributed by atoms with Crippen molar-refractivity contribution in [3.63, 3.8) is 0 Å². The summed E-state index contributed by atoms with van der Waals surface area (Å²) in [5, 5.41) is 9.17. The molecular formula is C7H12ClNO. The van der Waals surface area contributed by atoms with E-state index in [2.05, 4.69) is 0 Å². The lowest BCUT2D eigenvalue weighted by Crippen LogP contribution is -2.24. The zero-order valence-corrected chi connectivity index (χ0v) is 6.51. The van der Waals surface area contributed by atoms with Gasteiger partial charge in [0.1, 0.15) is 6.23 Å². The molecule has 2 atom stereocenters. The summed E-state index contributed by atoms with van der Waals surface area (Å²) in [5.41, 5.74) is 6.18. The van der Waals surface area contributed by atoms with Crippen molar-refractivity contribution >= 4 is 11.6 Å². The maximum atomic E-state index is 8.93. The third-order valence-electron chi connectivity index (χ3n) is 1.76. The molecule has 0 aliphatic heterocycles. The molecule has 0 saturated heterocycles. The summed E-state index contributed by atoms with van der Waals surface area (Å²) in [6.07, 6.45) is 3.77. The molecule has 1 aliphatic carbocycles. The molecule has 2 nitrogen and oxygen atoms in total. The van der Waals surface area contributed by atoms with Crippen LogP contribution in [0, 0.1) is 0 Å². The Balaban J connectivity index is 2.48. The minimum absolute atomic E-state index is 0.238. The zero-order chi connectivity index (χ0) is 7.56. The van der Waals surface area contributed by atoms with Crippen molar-refractivity contribution in [2.45, 2.75) is 30.9 Å². The molecule has 0 heterocycles. The van der Waals surface area contributed by atoms with Gasteiger partial charge in [-0.3, -0.25) is 0 Å². The molecule has 0 aromatic heterocycles. The highest BCUT2D eigenvalue weighted by Crippen LogP contribution is 2.22. The van der Waals surface area contributed by atoms with Crippen molar-refractivity contribution < 1.29 is 5.11 Å². The second kappa shape index (κ2) is 3.37. The van der Waals surface area contributed by atoms with Gasteiger partial charge in [-0.1, -0.05) is 6.08 Å². The molecule has 0 aromatic carbocycles. The molecule has 0 saturated carbocycles. The van der Waals surface area contributed by atoms with Gasteiger partial charge in [-0.15, -0.1) is 11.6 Å². The van der Waals surface area contributed by atoms with Crippen LogP contribution in [0.1, 0.15) is 19.3 Å². The molecule has 0 amide bonds. The van der Waals surface area contributed by atoms with Gasteiger partial charge >= 0.3 is 0 Å². The first-order valence-corrected chi connectivity index (χ1v) is 3.90. The van der Waals surface area contributed by atoms with Crippen molar-refractivity contribution in [3.05, 3.63) is 11.6 Å². The predicted octanol–water partition coefficient (Wildman–Crippen LogP) is 0.981. The van der Waals surface area contributed by atoms with E-state index in [0.29, 0.717) is 0 Å². The number of aliphatic hydroxyl groups excluding tert-OH is 1. The van der Waals surface area contributed by atoms with Crippen LogP contribution in [-0.4, -0.2) is 16.7 Å². The number of alkyl halides is 1. The number of rotatable bonds is 1. The Morgan fingerprint density at radius 1 is 1.80 bits per heavy atom. The monoisotopic (exact) mass is 161 g/mol. The van der Waals surface area contributed by atoms with Crippen LogP contribution in [0.4, 0.5) is 0 Å². The quantitative estimate of drug-likeness (QED) is 0.342. The largest absolute Gasteiger partial charge is 0.375 e. The third kappa shape index (κ3) is 1.97. The fourth-order valence-electron chi connectivity index (χ4n) is 1.09. The van der Waals surface area contributed by atoms with Crippen molar-refractivity contribution in [2.24, 2.45) is 5.73 Å². The standard InChI is InChI=1S/C7H12ClNO/c8-6-3-1-5(2-4-6)7(9)10/h1,6-7,10H,2-4,9H2. The van der Waals surface area contributed by atoms with E-state index in [-0.39, 0.29) is 5.38 Å². The van der Waals surface area contributed by atoms with Crippen LogP contribution in [0.25, 0.3) is 0 Å². The number of aliphatic hydroxyl groups is 1. The smallest absolute Gasteiger partial charge is 0.124 e. The summed E-state index contributed by atoms with van der Waals surface area (Å²) in [4.78, 5) is 0. The lowest BCUT2D eigenvalue weighted by atomic mass is 9.98. The number of hydrogen-bond acceptors (Lipinski definition) is 2. The van der Waals surface area contributed by atoms with Gasteiger partial charge in [0.15, 0.2) is 0 Å². The van der Waals surface area contributed by atoms with Crippen molar-refractivity contribution in [1.29, 1.82) is 0 Å². The SMILES string of the molecule is NC(O)C1=CCC(Cl)CC1. The molecule has 0 aromatic rings. The van der Waals surface area contributed by atoms with E-state index in [4.69, 9.17) is 22.4 Å². The highest BCUT2D eigenvalue weighted by atomic mass is 35.5. The van der Waals surface area contributed by atoms with Crippen LogP contribution >= 0.6 is 11.6 Å². The topological polar surface area (TPSA) is 46.2 Å². The highest BCUT2D eigenvalue weighted by molar-refractivity contribution is 6.20. The average molecular weight is 162 g/mol. The summed E-state index contributed by atoms with van der Waals surface area (Å²) < 4.78 is 0. The molecule has 1 aliphatic rings. The molecule has 0 radical (unpaired) electrons. The fourth-order valence-corrected chi connectivity index (χ4v) is 1.29. The second-order valence-corrected chi connectivity index (χ2v) is 3.21. The average Bonchev–Trinajstić information content (AvgIpc) is 1.88. The summed E-state index contributed by atoms with van der Waals surface area (Å²) >= 11 is 5.82. The predicted molar refractivity (Wildman–Crippen MR) is 41.8 cm³/mol. The van der Waals surface area contributed by atoms with Crippen LogP contribution in [0.15, 0.2) is 11.6 Å². The van der Waals surface area contributed by atoms with Gasteiger partial charge in [0, 0.05) is 5.38 Å². The molecule has 3 heteroatoms. The van der Waals surface area contributed by atoms with Crippen LogP contribution in [0.5, 0.6) is 0 Å². The number of allylic oxidation sites excluding steroid dienone is 1. The maximum absolute atomic E-state index is 8.93. The molecule has 0 spiro atoms. The highest BCUT2D eigenvalue weighted by Gasteiger charge is 2.14. The zero-order valence-electron chi connectivity index (χ0n) is 5.76. The molecule has 58 valence electrons. The van der Waals surface area contributed by atoms with E-state index < -0.39 is 6.23 Å². The molecule has 0 bridgehead atoms. The van der Waals surface area contributed by atoms with Crippen molar-refractivity contribution in [2.75, 3.05) is 0 Å². The fraction of sp³-hybridized carbons (Fsp3) is 0.714. The Kier molecular flexibility index (Phi) is 2.72. The first-order valence-electron chi connectivity index (χ1n) is 3.47. The van der Waals surface area contributed by atoms with Crippen LogP contribution in [0.2, 0.25) is 0 Å². The van der Waals surface area contributed by atoms with Gasteiger partial charge in [0.2, 0.25) is 0 Å². The second-order valence-electron chi connectivity index (χ2n) is 2.60. The van der Waals surface area contributed by atoms with Gasteiger partial charge in [0.25, 0.3) is 0 Å². The van der Waals surface area contributed by atoms with Gasteiger partial charge in [-0.05, 0) is 24.8 Å². The molecule has 0 fully saturated rings. The molecule has 1 rings (SSSR count). The Morgan fingerprint density at radius 2 is 2.50 bits per heavy atom. The Morgan fingerprint density at radius 3 is 2.90 bits per heavy atom. The number of halogens is 1. The molecule has 3 N–H and O–H groups in total.